The van der Waals surface area contributed by atoms with Crippen LogP contribution in [0.4, 0.5) is 5.13 Å². The van der Waals surface area contributed by atoms with Crippen molar-refractivity contribution in [3.05, 3.63) is 5.82 Å². The van der Waals surface area contributed by atoms with Gasteiger partial charge >= 0.3 is 0 Å². The molecule has 0 radical (unpaired) electrons. The van der Waals surface area contributed by atoms with E-state index >= 15 is 0 Å². The number of anilines is 1. The van der Waals surface area contributed by atoms with Crippen LogP contribution in [-0.4, -0.2) is 53.0 Å². The lowest BCUT2D eigenvalue weighted by Crippen LogP contribution is -2.52. The molecule has 1 saturated heterocycles. The van der Waals surface area contributed by atoms with E-state index in [0.717, 1.165) is 50.1 Å². The maximum absolute atomic E-state index is 5.79. The van der Waals surface area contributed by atoms with Crippen molar-refractivity contribution in [2.75, 3.05) is 37.6 Å². The summed E-state index contributed by atoms with van der Waals surface area (Å²) in [6, 6.07) is 0.535. The molecular weight excluding hydrogens is 234 g/mol. The molecule has 1 atom stereocenters. The van der Waals surface area contributed by atoms with E-state index < -0.39 is 0 Å². The molecule has 2 rings (SSSR count). The first-order valence-corrected chi connectivity index (χ1v) is 7.01. The molecule has 96 valence electrons. The highest BCUT2D eigenvalue weighted by Crippen LogP contribution is 2.19. The fraction of sp³-hybridized carbons (Fsp3) is 0.818. The van der Waals surface area contributed by atoms with Crippen molar-refractivity contribution in [2.24, 2.45) is 5.73 Å². The van der Waals surface area contributed by atoms with E-state index in [0.29, 0.717) is 6.04 Å². The maximum Gasteiger partial charge on any atom is 0.205 e. The zero-order valence-electron chi connectivity index (χ0n) is 10.6. The largest absolute Gasteiger partial charge is 0.344 e. The van der Waals surface area contributed by atoms with Crippen molar-refractivity contribution in [1.29, 1.82) is 0 Å². The molecule has 1 unspecified atom stereocenters. The molecule has 6 heteroatoms. The number of hydrogen-bond acceptors (Lipinski definition) is 6. The third-order valence-electron chi connectivity index (χ3n) is 3.36. The normalized spacial score (nSPS) is 19.6. The lowest BCUT2D eigenvalue weighted by atomic mass is 10.1. The summed E-state index contributed by atoms with van der Waals surface area (Å²) >= 11 is 1.50. The minimum absolute atomic E-state index is 0.535. The van der Waals surface area contributed by atoms with E-state index in [-0.39, 0.29) is 0 Å². The van der Waals surface area contributed by atoms with Crippen LogP contribution in [0.25, 0.3) is 0 Å². The van der Waals surface area contributed by atoms with Crippen LogP contribution in [0.15, 0.2) is 0 Å². The Labute approximate surface area is 107 Å². The smallest absolute Gasteiger partial charge is 0.205 e. The van der Waals surface area contributed by atoms with Crippen LogP contribution in [0.2, 0.25) is 0 Å². The van der Waals surface area contributed by atoms with E-state index in [1.165, 1.54) is 11.5 Å². The minimum atomic E-state index is 0.535. The summed E-state index contributed by atoms with van der Waals surface area (Å²) < 4.78 is 4.23. The molecule has 0 aromatic carbocycles. The second-order valence-electron chi connectivity index (χ2n) is 4.44. The van der Waals surface area contributed by atoms with Crippen LogP contribution in [-0.2, 0) is 0 Å². The fourth-order valence-corrected chi connectivity index (χ4v) is 2.99. The van der Waals surface area contributed by atoms with Gasteiger partial charge in [0.1, 0.15) is 5.82 Å². The quantitative estimate of drug-likeness (QED) is 0.858. The van der Waals surface area contributed by atoms with Gasteiger partial charge in [-0.15, -0.1) is 0 Å². The monoisotopic (exact) mass is 255 g/mol. The van der Waals surface area contributed by atoms with Crippen LogP contribution in [0.5, 0.6) is 0 Å². The Morgan fingerprint density at radius 3 is 2.53 bits per heavy atom. The van der Waals surface area contributed by atoms with Crippen molar-refractivity contribution in [1.82, 2.24) is 14.3 Å². The van der Waals surface area contributed by atoms with Gasteiger partial charge in [0.2, 0.25) is 5.13 Å². The molecule has 1 aromatic heterocycles. The first-order valence-electron chi connectivity index (χ1n) is 6.24. The Balaban J connectivity index is 1.89. The van der Waals surface area contributed by atoms with Gasteiger partial charge in [0, 0.05) is 50.3 Å². The van der Waals surface area contributed by atoms with E-state index in [1.807, 2.05) is 6.92 Å². The molecule has 2 heterocycles. The Bertz CT molecular complexity index is 341. The first kappa shape index (κ1) is 12.7. The molecule has 2 N–H and O–H groups in total. The van der Waals surface area contributed by atoms with Gasteiger partial charge in [0.25, 0.3) is 0 Å². The van der Waals surface area contributed by atoms with E-state index in [4.69, 9.17) is 5.73 Å². The van der Waals surface area contributed by atoms with Crippen LogP contribution in [0, 0.1) is 6.92 Å². The van der Waals surface area contributed by atoms with Gasteiger partial charge in [0.05, 0.1) is 0 Å². The van der Waals surface area contributed by atoms with E-state index in [9.17, 15) is 0 Å². The van der Waals surface area contributed by atoms with Crippen molar-refractivity contribution >= 4 is 16.7 Å². The average Bonchev–Trinajstić information content (AvgIpc) is 2.78. The van der Waals surface area contributed by atoms with Gasteiger partial charge in [-0.3, -0.25) is 4.90 Å². The number of hydrogen-bond donors (Lipinski definition) is 1. The van der Waals surface area contributed by atoms with Gasteiger partial charge in [-0.2, -0.15) is 4.37 Å². The highest BCUT2D eigenvalue weighted by molar-refractivity contribution is 7.09. The molecule has 5 nitrogen and oxygen atoms in total. The molecule has 1 aromatic rings. The minimum Gasteiger partial charge on any atom is -0.344 e. The standard InChI is InChI=1S/C11H21N5S/c1-3-10(8-12)15-4-6-16(7-5-15)11-13-9(2)14-17-11/h10H,3-8,12H2,1-2H3. The predicted octanol–water partition coefficient (Wildman–Crippen LogP) is 0.706. The first-order chi connectivity index (χ1) is 8.24. The van der Waals surface area contributed by atoms with Crippen molar-refractivity contribution < 1.29 is 0 Å². The summed E-state index contributed by atoms with van der Waals surface area (Å²) in [5.41, 5.74) is 5.79. The average molecular weight is 255 g/mol. The van der Waals surface area contributed by atoms with Crippen molar-refractivity contribution in [3.63, 3.8) is 0 Å². The second-order valence-corrected chi connectivity index (χ2v) is 5.18. The number of rotatable bonds is 4. The molecule has 1 aliphatic rings. The topological polar surface area (TPSA) is 58.3 Å². The molecule has 0 aliphatic carbocycles. The molecule has 0 saturated carbocycles. The lowest BCUT2D eigenvalue weighted by Gasteiger charge is -2.38. The summed E-state index contributed by atoms with van der Waals surface area (Å²) in [5, 5.41) is 1.06. The van der Waals surface area contributed by atoms with E-state index in [2.05, 4.69) is 26.1 Å². The highest BCUT2D eigenvalue weighted by Gasteiger charge is 2.23. The highest BCUT2D eigenvalue weighted by atomic mass is 32.1. The molecular formula is C11H21N5S. The third-order valence-corrected chi connectivity index (χ3v) is 4.23. The van der Waals surface area contributed by atoms with Crippen LogP contribution >= 0.6 is 11.5 Å². The molecule has 0 bridgehead atoms. The van der Waals surface area contributed by atoms with Gasteiger partial charge in [-0.05, 0) is 13.3 Å². The van der Waals surface area contributed by atoms with E-state index in [1.54, 1.807) is 0 Å². The summed E-state index contributed by atoms with van der Waals surface area (Å²) in [5.74, 6) is 0.876. The Hall–Kier alpha value is -0.720. The molecule has 1 aliphatic heterocycles. The number of aromatic nitrogens is 2. The number of nitrogens with two attached hydrogens (primary N) is 1. The zero-order chi connectivity index (χ0) is 12.3. The predicted molar refractivity (Wildman–Crippen MR) is 71.6 cm³/mol. The summed E-state index contributed by atoms with van der Waals surface area (Å²) in [4.78, 5) is 9.25. The SMILES string of the molecule is CCC(CN)N1CCN(c2nc(C)ns2)CC1. The Morgan fingerprint density at radius 1 is 1.35 bits per heavy atom. The van der Waals surface area contributed by atoms with Gasteiger partial charge in [0.15, 0.2) is 0 Å². The van der Waals surface area contributed by atoms with Crippen molar-refractivity contribution in [3.8, 4) is 0 Å². The summed E-state index contributed by atoms with van der Waals surface area (Å²) in [6.07, 6.45) is 1.13. The molecule has 1 fully saturated rings. The van der Waals surface area contributed by atoms with Gasteiger partial charge in [-0.25, -0.2) is 4.98 Å². The molecule has 17 heavy (non-hydrogen) atoms. The van der Waals surface area contributed by atoms with Gasteiger partial charge in [-0.1, -0.05) is 6.92 Å². The second kappa shape index (κ2) is 5.75. The molecule has 0 amide bonds. The van der Waals surface area contributed by atoms with Crippen LogP contribution in [0.1, 0.15) is 19.2 Å². The molecule has 0 spiro atoms. The number of nitrogens with zero attached hydrogens (tertiary/aromatic N) is 4. The van der Waals surface area contributed by atoms with Crippen LogP contribution < -0.4 is 10.6 Å². The Kier molecular flexibility index (Phi) is 4.31. The lowest BCUT2D eigenvalue weighted by molar-refractivity contribution is 0.184. The van der Waals surface area contributed by atoms with Gasteiger partial charge < -0.3 is 10.6 Å². The Morgan fingerprint density at radius 2 is 2.06 bits per heavy atom. The number of aryl methyl sites for hydroxylation is 1. The summed E-state index contributed by atoms with van der Waals surface area (Å²) in [7, 11) is 0. The number of piperazine rings is 1. The summed E-state index contributed by atoms with van der Waals surface area (Å²) in [6.45, 7) is 9.13. The zero-order valence-corrected chi connectivity index (χ0v) is 11.4. The fourth-order valence-electron chi connectivity index (χ4n) is 2.27. The maximum atomic E-state index is 5.79. The van der Waals surface area contributed by atoms with Crippen LogP contribution in [0.3, 0.4) is 0 Å². The third kappa shape index (κ3) is 2.94. The van der Waals surface area contributed by atoms with Crippen molar-refractivity contribution in [2.45, 2.75) is 26.3 Å².